The van der Waals surface area contributed by atoms with Crippen molar-refractivity contribution in [3.8, 4) is 0 Å². The van der Waals surface area contributed by atoms with Crippen molar-refractivity contribution in [3.05, 3.63) is 23.2 Å². The molecule has 80 valence electrons. The van der Waals surface area contributed by atoms with Crippen LogP contribution in [-0.2, 0) is 0 Å². The molecule has 0 spiro atoms. The Hall–Kier alpha value is -1.16. The molecule has 1 N–H and O–H groups in total. The SMILES string of the molecule is O=C(NC1CCCC1)c1cncc(Cl)n1. The zero-order valence-electron chi connectivity index (χ0n) is 8.24. The fraction of sp³-hybridized carbons (Fsp3) is 0.500. The van der Waals surface area contributed by atoms with Crippen molar-refractivity contribution in [2.24, 2.45) is 0 Å². The molecule has 15 heavy (non-hydrogen) atoms. The first kappa shape index (κ1) is 10.4. The highest BCUT2D eigenvalue weighted by molar-refractivity contribution is 6.29. The van der Waals surface area contributed by atoms with Crippen molar-refractivity contribution < 1.29 is 4.79 Å². The van der Waals surface area contributed by atoms with Crippen molar-refractivity contribution in [3.63, 3.8) is 0 Å². The highest BCUT2D eigenvalue weighted by atomic mass is 35.5. The second kappa shape index (κ2) is 4.57. The molecular weight excluding hydrogens is 214 g/mol. The predicted molar refractivity (Wildman–Crippen MR) is 56.8 cm³/mol. The summed E-state index contributed by atoms with van der Waals surface area (Å²) < 4.78 is 0. The summed E-state index contributed by atoms with van der Waals surface area (Å²) in [6.45, 7) is 0. The molecule has 1 aliphatic rings. The molecule has 0 aromatic carbocycles. The third-order valence-corrected chi connectivity index (χ3v) is 2.71. The van der Waals surface area contributed by atoms with Gasteiger partial charge in [-0.1, -0.05) is 24.4 Å². The molecule has 0 radical (unpaired) electrons. The number of aromatic nitrogens is 2. The maximum absolute atomic E-state index is 11.7. The molecule has 0 bridgehead atoms. The van der Waals surface area contributed by atoms with Gasteiger partial charge in [0.25, 0.3) is 5.91 Å². The van der Waals surface area contributed by atoms with Crippen LogP contribution in [0.15, 0.2) is 12.4 Å². The molecule has 5 heteroatoms. The Balaban J connectivity index is 2.01. The monoisotopic (exact) mass is 225 g/mol. The zero-order valence-corrected chi connectivity index (χ0v) is 9.00. The number of carbonyl (C=O) groups excluding carboxylic acids is 1. The molecule has 2 rings (SSSR count). The van der Waals surface area contributed by atoms with Gasteiger partial charge in [-0.2, -0.15) is 0 Å². The summed E-state index contributed by atoms with van der Waals surface area (Å²) >= 11 is 5.65. The highest BCUT2D eigenvalue weighted by Gasteiger charge is 2.18. The summed E-state index contributed by atoms with van der Waals surface area (Å²) in [7, 11) is 0. The van der Waals surface area contributed by atoms with Crippen LogP contribution in [0.25, 0.3) is 0 Å². The summed E-state index contributed by atoms with van der Waals surface area (Å²) in [4.78, 5) is 19.4. The van der Waals surface area contributed by atoms with E-state index >= 15 is 0 Å². The van der Waals surface area contributed by atoms with Crippen LogP contribution in [0.1, 0.15) is 36.2 Å². The topological polar surface area (TPSA) is 54.9 Å². The van der Waals surface area contributed by atoms with Crippen LogP contribution in [0.4, 0.5) is 0 Å². The van der Waals surface area contributed by atoms with Gasteiger partial charge in [-0.15, -0.1) is 0 Å². The van der Waals surface area contributed by atoms with Crippen LogP contribution in [-0.4, -0.2) is 21.9 Å². The van der Waals surface area contributed by atoms with E-state index in [4.69, 9.17) is 11.6 Å². The molecule has 1 aliphatic carbocycles. The molecule has 1 amide bonds. The summed E-state index contributed by atoms with van der Waals surface area (Å²) in [5.41, 5.74) is 0.286. The molecule has 4 nitrogen and oxygen atoms in total. The fourth-order valence-electron chi connectivity index (χ4n) is 1.78. The standard InChI is InChI=1S/C10H12ClN3O/c11-9-6-12-5-8(14-9)10(15)13-7-3-1-2-4-7/h5-7H,1-4H2,(H,13,15). The quantitative estimate of drug-likeness (QED) is 0.835. The number of hydrogen-bond donors (Lipinski definition) is 1. The minimum atomic E-state index is -0.183. The predicted octanol–water partition coefficient (Wildman–Crippen LogP) is 1.80. The molecule has 1 fully saturated rings. The Morgan fingerprint density at radius 2 is 2.13 bits per heavy atom. The molecule has 1 saturated carbocycles. The summed E-state index contributed by atoms with van der Waals surface area (Å²) in [5.74, 6) is -0.183. The van der Waals surface area contributed by atoms with E-state index in [0.29, 0.717) is 6.04 Å². The van der Waals surface area contributed by atoms with E-state index < -0.39 is 0 Å². The first-order valence-electron chi connectivity index (χ1n) is 5.04. The van der Waals surface area contributed by atoms with E-state index in [9.17, 15) is 4.79 Å². The second-order valence-electron chi connectivity index (χ2n) is 3.68. The zero-order chi connectivity index (χ0) is 10.7. The first-order chi connectivity index (χ1) is 7.25. The molecule has 1 aromatic heterocycles. The number of carbonyl (C=O) groups is 1. The van der Waals surface area contributed by atoms with Crippen LogP contribution in [0.2, 0.25) is 5.15 Å². The molecular formula is C10H12ClN3O. The van der Waals surface area contributed by atoms with Gasteiger partial charge in [0.2, 0.25) is 0 Å². The molecule has 1 aromatic rings. The number of hydrogen-bond acceptors (Lipinski definition) is 3. The van der Waals surface area contributed by atoms with Crippen LogP contribution >= 0.6 is 11.6 Å². The van der Waals surface area contributed by atoms with Crippen LogP contribution in [0.3, 0.4) is 0 Å². The molecule has 1 heterocycles. The third-order valence-electron chi connectivity index (χ3n) is 2.53. The third kappa shape index (κ3) is 2.65. The maximum atomic E-state index is 11.7. The van der Waals surface area contributed by atoms with E-state index in [1.165, 1.54) is 25.2 Å². The lowest BCUT2D eigenvalue weighted by Crippen LogP contribution is -2.33. The van der Waals surface area contributed by atoms with E-state index in [1.807, 2.05) is 0 Å². The minimum absolute atomic E-state index is 0.183. The lowest BCUT2D eigenvalue weighted by atomic mass is 10.2. The van der Waals surface area contributed by atoms with Gasteiger partial charge in [0, 0.05) is 6.04 Å². The highest BCUT2D eigenvalue weighted by Crippen LogP contribution is 2.17. The van der Waals surface area contributed by atoms with E-state index in [1.54, 1.807) is 0 Å². The van der Waals surface area contributed by atoms with Gasteiger partial charge >= 0.3 is 0 Å². The van der Waals surface area contributed by atoms with Crippen molar-refractivity contribution >= 4 is 17.5 Å². The lowest BCUT2D eigenvalue weighted by Gasteiger charge is -2.10. The Morgan fingerprint density at radius 1 is 1.40 bits per heavy atom. The number of nitrogens with zero attached hydrogens (tertiary/aromatic N) is 2. The molecule has 0 atom stereocenters. The van der Waals surface area contributed by atoms with Gasteiger partial charge in [-0.05, 0) is 12.8 Å². The average Bonchev–Trinajstić information content (AvgIpc) is 2.70. The van der Waals surface area contributed by atoms with Crippen molar-refractivity contribution in [2.45, 2.75) is 31.7 Å². The van der Waals surface area contributed by atoms with Gasteiger partial charge in [0.15, 0.2) is 0 Å². The summed E-state index contributed by atoms with van der Waals surface area (Å²) in [6.07, 6.45) is 7.32. The Labute approximate surface area is 93.1 Å². The fourth-order valence-corrected chi connectivity index (χ4v) is 1.93. The molecule has 0 aliphatic heterocycles. The second-order valence-corrected chi connectivity index (χ2v) is 4.07. The van der Waals surface area contributed by atoms with Crippen LogP contribution < -0.4 is 5.32 Å². The molecule has 0 saturated heterocycles. The Bertz CT molecular complexity index is 363. The van der Waals surface area contributed by atoms with Gasteiger partial charge in [-0.3, -0.25) is 9.78 Å². The van der Waals surface area contributed by atoms with E-state index in [-0.39, 0.29) is 16.8 Å². The van der Waals surface area contributed by atoms with Gasteiger partial charge in [0.1, 0.15) is 10.8 Å². The van der Waals surface area contributed by atoms with E-state index in [2.05, 4.69) is 15.3 Å². The van der Waals surface area contributed by atoms with Crippen LogP contribution in [0, 0.1) is 0 Å². The van der Waals surface area contributed by atoms with Gasteiger partial charge < -0.3 is 5.32 Å². The Morgan fingerprint density at radius 3 is 2.80 bits per heavy atom. The number of amides is 1. The van der Waals surface area contributed by atoms with Crippen molar-refractivity contribution in [2.75, 3.05) is 0 Å². The largest absolute Gasteiger partial charge is 0.348 e. The summed E-state index contributed by atoms with van der Waals surface area (Å²) in [5, 5.41) is 3.17. The number of halogens is 1. The van der Waals surface area contributed by atoms with E-state index in [0.717, 1.165) is 12.8 Å². The normalized spacial score (nSPS) is 16.6. The Kier molecular flexibility index (Phi) is 3.16. The van der Waals surface area contributed by atoms with Gasteiger partial charge in [-0.25, -0.2) is 4.98 Å². The van der Waals surface area contributed by atoms with Crippen LogP contribution in [0.5, 0.6) is 0 Å². The lowest BCUT2D eigenvalue weighted by molar-refractivity contribution is 0.0932. The number of rotatable bonds is 2. The summed E-state index contributed by atoms with van der Waals surface area (Å²) in [6, 6.07) is 0.290. The van der Waals surface area contributed by atoms with Gasteiger partial charge in [0.05, 0.1) is 12.4 Å². The minimum Gasteiger partial charge on any atom is -0.348 e. The maximum Gasteiger partial charge on any atom is 0.271 e. The smallest absolute Gasteiger partial charge is 0.271 e. The molecule has 0 unspecified atom stereocenters. The average molecular weight is 226 g/mol. The van der Waals surface area contributed by atoms with Crippen molar-refractivity contribution in [1.29, 1.82) is 0 Å². The first-order valence-corrected chi connectivity index (χ1v) is 5.42. The van der Waals surface area contributed by atoms with Crippen molar-refractivity contribution in [1.82, 2.24) is 15.3 Å². The number of nitrogens with one attached hydrogen (secondary N) is 1.